The van der Waals surface area contributed by atoms with Crippen LogP contribution in [0, 0.1) is 5.92 Å². The molecular weight excluding hydrogens is 350 g/mol. The summed E-state index contributed by atoms with van der Waals surface area (Å²) in [6, 6.07) is 12.4. The van der Waals surface area contributed by atoms with Crippen molar-refractivity contribution in [3.63, 3.8) is 0 Å². The maximum Gasteiger partial charge on any atom is 0.275 e. The molecule has 1 heterocycles. The highest BCUT2D eigenvalue weighted by Crippen LogP contribution is 2.39. The first-order valence-electron chi connectivity index (χ1n) is 8.86. The van der Waals surface area contributed by atoms with Gasteiger partial charge in [-0.3, -0.25) is 4.79 Å². The van der Waals surface area contributed by atoms with Crippen LogP contribution >= 0.6 is 0 Å². The quantitative estimate of drug-likeness (QED) is 0.630. The van der Waals surface area contributed by atoms with Crippen molar-refractivity contribution in [1.82, 2.24) is 9.78 Å². The van der Waals surface area contributed by atoms with Crippen LogP contribution in [0.15, 0.2) is 53.3 Å². The molecule has 0 saturated heterocycles. The third-order valence-electron chi connectivity index (χ3n) is 5.00. The minimum absolute atomic E-state index is 0.105. The summed E-state index contributed by atoms with van der Waals surface area (Å²) >= 11 is 0. The van der Waals surface area contributed by atoms with Gasteiger partial charge in [0.2, 0.25) is 0 Å². The summed E-state index contributed by atoms with van der Waals surface area (Å²) in [6.07, 6.45) is 2.50. The fourth-order valence-corrected chi connectivity index (χ4v) is 3.35. The monoisotopic (exact) mass is 368 g/mol. The van der Waals surface area contributed by atoms with Gasteiger partial charge in [-0.2, -0.15) is 5.10 Å². The second kappa shape index (κ2) is 6.37. The van der Waals surface area contributed by atoms with Crippen molar-refractivity contribution < 1.29 is 13.6 Å². The molecule has 138 valence electrons. The fourth-order valence-electron chi connectivity index (χ4n) is 3.35. The number of aldehydes is 1. The molecule has 3 aromatic rings. The van der Waals surface area contributed by atoms with E-state index in [0.717, 1.165) is 26.1 Å². The van der Waals surface area contributed by atoms with Crippen molar-refractivity contribution >= 4 is 17.1 Å². The van der Waals surface area contributed by atoms with E-state index < -0.39 is 17.5 Å². The van der Waals surface area contributed by atoms with Crippen LogP contribution in [-0.4, -0.2) is 16.1 Å². The molecule has 2 aromatic carbocycles. The minimum atomic E-state index is -3.03. The van der Waals surface area contributed by atoms with Crippen LogP contribution in [0.4, 0.5) is 8.78 Å². The van der Waals surface area contributed by atoms with Crippen LogP contribution in [0.5, 0.6) is 0 Å². The molecule has 0 amide bonds. The topological polar surface area (TPSA) is 52.0 Å². The number of alkyl halides is 2. The molecule has 27 heavy (non-hydrogen) atoms. The highest BCUT2D eigenvalue weighted by atomic mass is 19.3. The number of nitrogens with zero attached hydrogens (tertiary/aromatic N) is 2. The lowest BCUT2D eigenvalue weighted by Gasteiger charge is -2.17. The Morgan fingerprint density at radius 1 is 1.15 bits per heavy atom. The van der Waals surface area contributed by atoms with Gasteiger partial charge in [-0.1, -0.05) is 36.4 Å². The van der Waals surface area contributed by atoms with Gasteiger partial charge in [0.05, 0.1) is 11.1 Å². The summed E-state index contributed by atoms with van der Waals surface area (Å²) in [5.74, 6) is -2.93. The van der Waals surface area contributed by atoms with Crippen molar-refractivity contribution in [3.8, 4) is 11.3 Å². The molecule has 0 radical (unpaired) electrons. The Balaban J connectivity index is 2.04. The summed E-state index contributed by atoms with van der Waals surface area (Å²) in [5.41, 5.74) is 0.511. The molecule has 1 atom stereocenters. The smallest absolute Gasteiger partial charge is 0.275 e. The summed E-state index contributed by atoms with van der Waals surface area (Å²) in [5, 5.41) is 5.10. The van der Waals surface area contributed by atoms with Crippen LogP contribution in [0.25, 0.3) is 22.0 Å². The van der Waals surface area contributed by atoms with Gasteiger partial charge >= 0.3 is 0 Å². The van der Waals surface area contributed by atoms with E-state index in [2.05, 4.69) is 5.10 Å². The van der Waals surface area contributed by atoms with E-state index >= 15 is 0 Å². The molecule has 4 rings (SSSR count). The molecule has 1 aromatic heterocycles. The van der Waals surface area contributed by atoms with Crippen molar-refractivity contribution in [2.75, 3.05) is 0 Å². The number of carbonyl (C=O) groups excluding carboxylic acids is 1. The average molecular weight is 368 g/mol. The largest absolute Gasteiger partial charge is 0.301 e. The molecule has 0 bridgehead atoms. The molecule has 1 saturated carbocycles. The number of hydrogen-bond acceptors (Lipinski definition) is 3. The zero-order valence-corrected chi connectivity index (χ0v) is 14.7. The Morgan fingerprint density at radius 3 is 2.44 bits per heavy atom. The second-order valence-electron chi connectivity index (χ2n) is 7.08. The van der Waals surface area contributed by atoms with E-state index in [1.54, 1.807) is 12.1 Å². The number of carbonyl (C=O) groups is 1. The van der Waals surface area contributed by atoms with E-state index in [-0.39, 0.29) is 16.9 Å². The molecule has 1 unspecified atom stereocenters. The highest BCUT2D eigenvalue weighted by Gasteiger charge is 2.34. The lowest BCUT2D eigenvalue weighted by molar-refractivity contribution is -0.111. The minimum Gasteiger partial charge on any atom is -0.301 e. The lowest BCUT2D eigenvalue weighted by atomic mass is 10.0. The van der Waals surface area contributed by atoms with Crippen molar-refractivity contribution in [1.29, 1.82) is 0 Å². The summed E-state index contributed by atoms with van der Waals surface area (Å²) < 4.78 is 28.9. The van der Waals surface area contributed by atoms with Gasteiger partial charge in [-0.15, -0.1) is 0 Å². The number of fused-ring (bicyclic) bond motifs is 1. The Bertz CT molecular complexity index is 1070. The Hall–Kier alpha value is -2.89. The molecule has 0 N–H and O–H groups in total. The number of benzene rings is 2. The van der Waals surface area contributed by atoms with Crippen LogP contribution in [0.2, 0.25) is 0 Å². The zero-order valence-electron chi connectivity index (χ0n) is 14.7. The highest BCUT2D eigenvalue weighted by molar-refractivity contribution is 5.94. The van der Waals surface area contributed by atoms with E-state index in [0.29, 0.717) is 16.6 Å². The Morgan fingerprint density at radius 2 is 1.85 bits per heavy atom. The number of rotatable bonds is 5. The standard InChI is InChI=1S/C21H18F2N2O2/c1-21(22,23)15-9-10-16-17(11-15)19(14-5-3-2-4-6-14)24-25(20(16)27)18(12-26)13-7-8-13/h2-6,9-13,18H,7-8H2,1H3. The van der Waals surface area contributed by atoms with Crippen LogP contribution < -0.4 is 5.56 Å². The molecule has 1 aliphatic carbocycles. The van der Waals surface area contributed by atoms with E-state index in [9.17, 15) is 18.4 Å². The summed E-state index contributed by atoms with van der Waals surface area (Å²) in [7, 11) is 0. The van der Waals surface area contributed by atoms with Gasteiger partial charge in [0.15, 0.2) is 0 Å². The molecule has 0 spiro atoms. The third kappa shape index (κ3) is 3.16. The maximum atomic E-state index is 13.8. The fraction of sp³-hybridized carbons (Fsp3) is 0.286. The molecule has 1 fully saturated rings. The molecule has 1 aliphatic rings. The Labute approximate surface area is 154 Å². The van der Waals surface area contributed by atoms with Gasteiger partial charge in [-0.05, 0) is 30.9 Å². The van der Waals surface area contributed by atoms with Gasteiger partial charge in [0.1, 0.15) is 12.3 Å². The van der Waals surface area contributed by atoms with E-state index in [1.165, 1.54) is 22.9 Å². The predicted molar refractivity (Wildman–Crippen MR) is 98.8 cm³/mol. The summed E-state index contributed by atoms with van der Waals surface area (Å²) in [6.45, 7) is 0.820. The third-order valence-corrected chi connectivity index (χ3v) is 5.00. The number of halogens is 2. The molecule has 6 heteroatoms. The maximum absolute atomic E-state index is 13.8. The number of hydrogen-bond donors (Lipinski definition) is 0. The molecule has 4 nitrogen and oxygen atoms in total. The lowest BCUT2D eigenvalue weighted by Crippen LogP contribution is -2.30. The first kappa shape index (κ1) is 17.5. The van der Waals surface area contributed by atoms with Gasteiger partial charge < -0.3 is 4.79 Å². The van der Waals surface area contributed by atoms with E-state index in [4.69, 9.17) is 0 Å². The number of aromatic nitrogens is 2. The van der Waals surface area contributed by atoms with Crippen molar-refractivity contribution in [2.45, 2.75) is 31.7 Å². The van der Waals surface area contributed by atoms with Crippen LogP contribution in [-0.2, 0) is 10.7 Å². The van der Waals surface area contributed by atoms with Gasteiger partial charge in [0.25, 0.3) is 11.5 Å². The molecular formula is C21H18F2N2O2. The van der Waals surface area contributed by atoms with E-state index in [1.807, 2.05) is 18.2 Å². The van der Waals surface area contributed by atoms with Crippen LogP contribution in [0.1, 0.15) is 31.4 Å². The van der Waals surface area contributed by atoms with Crippen LogP contribution in [0.3, 0.4) is 0 Å². The average Bonchev–Trinajstić information content (AvgIpc) is 3.49. The first-order chi connectivity index (χ1) is 12.9. The van der Waals surface area contributed by atoms with Crippen molar-refractivity contribution in [3.05, 3.63) is 64.4 Å². The SMILES string of the molecule is CC(F)(F)c1ccc2c(=O)n(C(C=O)C3CC3)nc(-c3ccccc3)c2c1. The predicted octanol–water partition coefficient (Wildman–Crippen LogP) is 4.33. The van der Waals surface area contributed by atoms with Gasteiger partial charge in [0, 0.05) is 23.4 Å². The molecule has 0 aliphatic heterocycles. The normalized spacial score (nSPS) is 15.7. The Kier molecular flexibility index (Phi) is 4.13. The zero-order chi connectivity index (χ0) is 19.2. The summed E-state index contributed by atoms with van der Waals surface area (Å²) in [4.78, 5) is 24.6. The first-order valence-corrected chi connectivity index (χ1v) is 8.86. The van der Waals surface area contributed by atoms with Crippen molar-refractivity contribution in [2.24, 2.45) is 5.92 Å². The second-order valence-corrected chi connectivity index (χ2v) is 7.08. The van der Waals surface area contributed by atoms with Gasteiger partial charge in [-0.25, -0.2) is 13.5 Å².